The lowest BCUT2D eigenvalue weighted by Gasteiger charge is -2.18. The highest BCUT2D eigenvalue weighted by Crippen LogP contribution is 2.21. The van der Waals surface area contributed by atoms with Gasteiger partial charge in [-0.15, -0.1) is 0 Å². The van der Waals surface area contributed by atoms with Gasteiger partial charge in [-0.25, -0.2) is 4.79 Å². The third-order valence-corrected chi connectivity index (χ3v) is 4.35. The number of esters is 1. The standard InChI is InChI=1S/C20H23N3O5/c1-14-17(6-5-7-18(14)23(26)27)20(25)28-13-19(24)22(4)12-15-8-10-16(11-9-15)21(2)3/h5-11H,12-13H2,1-4H3. The first kappa shape index (κ1) is 20.9. The van der Waals surface area contributed by atoms with E-state index in [0.29, 0.717) is 6.54 Å². The molecule has 1 amide bonds. The Hall–Kier alpha value is -3.42. The van der Waals surface area contributed by atoms with Crippen LogP contribution in [0.25, 0.3) is 0 Å². The van der Waals surface area contributed by atoms with Crippen molar-refractivity contribution < 1.29 is 19.2 Å². The Labute approximate surface area is 163 Å². The molecule has 0 fully saturated rings. The second kappa shape index (κ2) is 8.98. The monoisotopic (exact) mass is 385 g/mol. The van der Waals surface area contributed by atoms with Crippen LogP contribution < -0.4 is 4.90 Å². The van der Waals surface area contributed by atoms with Crippen molar-refractivity contribution in [2.45, 2.75) is 13.5 Å². The molecule has 0 bridgehead atoms. The van der Waals surface area contributed by atoms with Crippen molar-refractivity contribution in [3.63, 3.8) is 0 Å². The van der Waals surface area contributed by atoms with Crippen molar-refractivity contribution in [3.05, 3.63) is 69.3 Å². The van der Waals surface area contributed by atoms with Gasteiger partial charge in [0, 0.05) is 45.0 Å². The molecule has 0 atom stereocenters. The van der Waals surface area contributed by atoms with E-state index in [1.165, 1.54) is 30.0 Å². The number of likely N-dealkylation sites (N-methyl/N-ethyl adjacent to an activating group) is 1. The predicted molar refractivity (Wildman–Crippen MR) is 105 cm³/mol. The third kappa shape index (κ3) is 5.06. The maximum atomic E-state index is 12.3. The molecule has 2 aromatic carbocycles. The van der Waals surface area contributed by atoms with Crippen LogP contribution in [-0.2, 0) is 16.1 Å². The number of nitrogens with zero attached hydrogens (tertiary/aromatic N) is 3. The van der Waals surface area contributed by atoms with Crippen LogP contribution in [0.5, 0.6) is 0 Å². The van der Waals surface area contributed by atoms with Crippen molar-refractivity contribution in [3.8, 4) is 0 Å². The molecule has 148 valence electrons. The van der Waals surface area contributed by atoms with Crippen LogP contribution in [0.4, 0.5) is 11.4 Å². The highest BCUT2D eigenvalue weighted by molar-refractivity contribution is 5.93. The largest absolute Gasteiger partial charge is 0.452 e. The van der Waals surface area contributed by atoms with Crippen LogP contribution in [0.2, 0.25) is 0 Å². The lowest BCUT2D eigenvalue weighted by Crippen LogP contribution is -2.31. The smallest absolute Gasteiger partial charge is 0.339 e. The lowest BCUT2D eigenvalue weighted by molar-refractivity contribution is -0.385. The number of ether oxygens (including phenoxy) is 1. The predicted octanol–water partition coefficient (Wildman–Crippen LogP) is 2.78. The van der Waals surface area contributed by atoms with Gasteiger partial charge in [0.05, 0.1) is 10.5 Å². The summed E-state index contributed by atoms with van der Waals surface area (Å²) in [4.78, 5) is 38.3. The van der Waals surface area contributed by atoms with Gasteiger partial charge < -0.3 is 14.5 Å². The molecule has 0 saturated carbocycles. The summed E-state index contributed by atoms with van der Waals surface area (Å²) in [5, 5.41) is 11.0. The van der Waals surface area contributed by atoms with Gasteiger partial charge >= 0.3 is 5.97 Å². The van der Waals surface area contributed by atoms with Gasteiger partial charge in [0.2, 0.25) is 0 Å². The van der Waals surface area contributed by atoms with E-state index in [4.69, 9.17) is 4.74 Å². The molecule has 0 radical (unpaired) electrons. The number of benzene rings is 2. The zero-order valence-corrected chi connectivity index (χ0v) is 16.3. The van der Waals surface area contributed by atoms with Crippen LogP contribution in [0.1, 0.15) is 21.5 Å². The summed E-state index contributed by atoms with van der Waals surface area (Å²) >= 11 is 0. The van der Waals surface area contributed by atoms with Crippen molar-refractivity contribution in [2.24, 2.45) is 0 Å². The van der Waals surface area contributed by atoms with Crippen LogP contribution in [0.15, 0.2) is 42.5 Å². The fourth-order valence-electron chi connectivity index (χ4n) is 2.62. The number of rotatable bonds is 7. The summed E-state index contributed by atoms with van der Waals surface area (Å²) in [6.45, 7) is 1.41. The molecule has 2 rings (SSSR count). The number of hydrogen-bond donors (Lipinski definition) is 0. The van der Waals surface area contributed by atoms with Crippen molar-refractivity contribution in [2.75, 3.05) is 32.6 Å². The highest BCUT2D eigenvalue weighted by atomic mass is 16.6. The minimum Gasteiger partial charge on any atom is -0.452 e. The molecular formula is C20H23N3O5. The van der Waals surface area contributed by atoms with Crippen LogP contribution in [0, 0.1) is 17.0 Å². The number of anilines is 1. The molecule has 0 aliphatic carbocycles. The summed E-state index contributed by atoms with van der Waals surface area (Å²) in [5.41, 5.74) is 2.11. The molecule has 0 saturated heterocycles. The van der Waals surface area contributed by atoms with E-state index in [9.17, 15) is 19.7 Å². The Bertz CT molecular complexity index is 878. The lowest BCUT2D eigenvalue weighted by atomic mass is 10.1. The zero-order chi connectivity index (χ0) is 20.8. The molecule has 0 aliphatic heterocycles. The van der Waals surface area contributed by atoms with E-state index in [-0.39, 0.29) is 22.7 Å². The minimum atomic E-state index is -0.765. The highest BCUT2D eigenvalue weighted by Gasteiger charge is 2.20. The van der Waals surface area contributed by atoms with Crippen LogP contribution in [-0.4, -0.2) is 49.4 Å². The molecule has 8 nitrogen and oxygen atoms in total. The number of carbonyl (C=O) groups excluding carboxylic acids is 2. The van der Waals surface area contributed by atoms with Crippen molar-refractivity contribution >= 4 is 23.3 Å². The molecule has 28 heavy (non-hydrogen) atoms. The molecule has 0 N–H and O–H groups in total. The van der Waals surface area contributed by atoms with Gasteiger partial charge in [0.1, 0.15) is 0 Å². The molecule has 0 spiro atoms. The zero-order valence-electron chi connectivity index (χ0n) is 16.3. The number of amides is 1. The van der Waals surface area contributed by atoms with Crippen LogP contribution in [0.3, 0.4) is 0 Å². The Morgan fingerprint density at radius 1 is 1.07 bits per heavy atom. The van der Waals surface area contributed by atoms with Gasteiger partial charge in [0.25, 0.3) is 11.6 Å². The first-order valence-corrected chi connectivity index (χ1v) is 8.62. The van der Waals surface area contributed by atoms with E-state index in [1.54, 1.807) is 7.05 Å². The van der Waals surface area contributed by atoms with E-state index < -0.39 is 17.5 Å². The maximum Gasteiger partial charge on any atom is 0.339 e. The SMILES string of the molecule is Cc1c(C(=O)OCC(=O)N(C)Cc2ccc(N(C)C)cc2)cccc1[N+](=O)[O-]. The average molecular weight is 385 g/mol. The summed E-state index contributed by atoms with van der Waals surface area (Å²) in [7, 11) is 5.51. The first-order chi connectivity index (χ1) is 13.2. The first-order valence-electron chi connectivity index (χ1n) is 8.62. The van der Waals surface area contributed by atoms with E-state index in [0.717, 1.165) is 11.3 Å². The molecule has 0 aliphatic rings. The molecule has 2 aromatic rings. The number of hydrogen-bond acceptors (Lipinski definition) is 6. The second-order valence-electron chi connectivity index (χ2n) is 6.59. The van der Waals surface area contributed by atoms with E-state index >= 15 is 0 Å². The third-order valence-electron chi connectivity index (χ3n) is 4.35. The fourth-order valence-corrected chi connectivity index (χ4v) is 2.62. The normalized spacial score (nSPS) is 10.3. The molecule has 0 unspecified atom stereocenters. The quantitative estimate of drug-likeness (QED) is 0.413. The summed E-state index contributed by atoms with van der Waals surface area (Å²) < 4.78 is 5.06. The van der Waals surface area contributed by atoms with Crippen molar-refractivity contribution in [1.29, 1.82) is 0 Å². The number of carbonyl (C=O) groups is 2. The van der Waals surface area contributed by atoms with Crippen molar-refractivity contribution in [1.82, 2.24) is 4.90 Å². The fraction of sp³-hybridized carbons (Fsp3) is 0.300. The topological polar surface area (TPSA) is 93.0 Å². The van der Waals surface area contributed by atoms with E-state index in [2.05, 4.69) is 0 Å². The second-order valence-corrected chi connectivity index (χ2v) is 6.59. The Morgan fingerprint density at radius 2 is 1.71 bits per heavy atom. The maximum absolute atomic E-state index is 12.3. The summed E-state index contributed by atoms with van der Waals surface area (Å²) in [5.74, 6) is -1.13. The van der Waals surface area contributed by atoms with Gasteiger partial charge in [-0.3, -0.25) is 14.9 Å². The molecular weight excluding hydrogens is 362 g/mol. The molecule has 8 heteroatoms. The average Bonchev–Trinajstić information content (AvgIpc) is 2.66. The summed E-state index contributed by atoms with van der Waals surface area (Å²) in [6, 6.07) is 11.9. The Morgan fingerprint density at radius 3 is 2.29 bits per heavy atom. The Kier molecular flexibility index (Phi) is 6.70. The van der Waals surface area contributed by atoms with Gasteiger partial charge in [-0.2, -0.15) is 0 Å². The van der Waals surface area contributed by atoms with E-state index in [1.807, 2.05) is 43.3 Å². The van der Waals surface area contributed by atoms with Gasteiger partial charge in [0.15, 0.2) is 6.61 Å². The van der Waals surface area contributed by atoms with Gasteiger partial charge in [-0.05, 0) is 30.7 Å². The number of nitro benzene ring substituents is 1. The van der Waals surface area contributed by atoms with Gasteiger partial charge in [-0.1, -0.05) is 18.2 Å². The van der Waals surface area contributed by atoms with Crippen LogP contribution >= 0.6 is 0 Å². The summed E-state index contributed by atoms with van der Waals surface area (Å²) in [6.07, 6.45) is 0. The minimum absolute atomic E-state index is 0.0731. The molecule has 0 aromatic heterocycles. The number of nitro groups is 1. The Balaban J connectivity index is 1.95. The molecule has 0 heterocycles.